The number of rotatable bonds is 7. The Hall–Kier alpha value is -4.09. The predicted octanol–water partition coefficient (Wildman–Crippen LogP) is 5.24. The SMILES string of the molecule is COc1ccc(-n2c(SC(C)C(=O)Nc3ccccc3C#N)nnc2-c2cccc(C)c2)cc1. The summed E-state index contributed by atoms with van der Waals surface area (Å²) in [5, 5.41) is 21.1. The molecule has 3 aromatic carbocycles. The van der Waals surface area contributed by atoms with E-state index in [1.165, 1.54) is 11.8 Å². The lowest BCUT2D eigenvalue weighted by Crippen LogP contribution is -2.23. The van der Waals surface area contributed by atoms with Crippen LogP contribution in [0.25, 0.3) is 17.1 Å². The van der Waals surface area contributed by atoms with Crippen LogP contribution in [0.5, 0.6) is 5.75 Å². The predicted molar refractivity (Wildman–Crippen MR) is 133 cm³/mol. The summed E-state index contributed by atoms with van der Waals surface area (Å²) < 4.78 is 7.23. The lowest BCUT2D eigenvalue weighted by Gasteiger charge is -2.15. The monoisotopic (exact) mass is 469 g/mol. The largest absolute Gasteiger partial charge is 0.497 e. The number of ether oxygens (including phenoxy) is 1. The molecular weight excluding hydrogens is 446 g/mol. The lowest BCUT2D eigenvalue weighted by molar-refractivity contribution is -0.115. The molecule has 1 aromatic heterocycles. The Morgan fingerprint density at radius 1 is 1.09 bits per heavy atom. The molecule has 1 unspecified atom stereocenters. The summed E-state index contributed by atoms with van der Waals surface area (Å²) in [5.41, 5.74) is 3.79. The quantitative estimate of drug-likeness (QED) is 0.372. The van der Waals surface area contributed by atoms with Crippen molar-refractivity contribution in [1.29, 1.82) is 5.26 Å². The van der Waals surface area contributed by atoms with Gasteiger partial charge in [-0.1, -0.05) is 47.7 Å². The molecule has 0 fully saturated rings. The number of nitriles is 1. The van der Waals surface area contributed by atoms with E-state index in [1.54, 1.807) is 38.3 Å². The Labute approximate surface area is 202 Å². The van der Waals surface area contributed by atoms with Gasteiger partial charge in [-0.05, 0) is 56.3 Å². The van der Waals surface area contributed by atoms with E-state index >= 15 is 0 Å². The standard InChI is InChI=1S/C26H23N5O2S/c1-17-7-6-9-19(15-17)24-29-30-26(31(24)21-11-13-22(33-3)14-12-21)34-18(2)25(32)28-23-10-5-4-8-20(23)16-27/h4-15,18H,1-3H3,(H,28,32). The van der Waals surface area contributed by atoms with Crippen LogP contribution in [-0.4, -0.2) is 33.0 Å². The van der Waals surface area contributed by atoms with Crippen LogP contribution >= 0.6 is 11.8 Å². The van der Waals surface area contributed by atoms with Gasteiger partial charge in [-0.25, -0.2) is 0 Å². The number of amides is 1. The normalized spacial score (nSPS) is 11.5. The number of nitrogens with zero attached hydrogens (tertiary/aromatic N) is 4. The Bertz CT molecular complexity index is 1360. The maximum absolute atomic E-state index is 12.9. The lowest BCUT2D eigenvalue weighted by atomic mass is 10.1. The topological polar surface area (TPSA) is 92.8 Å². The van der Waals surface area contributed by atoms with Crippen LogP contribution in [0, 0.1) is 18.3 Å². The number of hydrogen-bond donors (Lipinski definition) is 1. The van der Waals surface area contributed by atoms with Crippen molar-refractivity contribution in [3.8, 4) is 28.9 Å². The number of para-hydroxylation sites is 1. The van der Waals surface area contributed by atoms with Crippen molar-refractivity contribution >= 4 is 23.4 Å². The summed E-state index contributed by atoms with van der Waals surface area (Å²) >= 11 is 1.30. The third-order valence-corrected chi connectivity index (χ3v) is 6.24. The third-order valence-electron chi connectivity index (χ3n) is 5.20. The summed E-state index contributed by atoms with van der Waals surface area (Å²) in [5.74, 6) is 1.19. The van der Waals surface area contributed by atoms with E-state index in [0.29, 0.717) is 22.2 Å². The molecule has 1 atom stereocenters. The number of hydrogen-bond acceptors (Lipinski definition) is 6. The number of carbonyl (C=O) groups is 1. The van der Waals surface area contributed by atoms with Crippen LogP contribution in [0.15, 0.2) is 78.0 Å². The number of aromatic nitrogens is 3. The van der Waals surface area contributed by atoms with Gasteiger partial charge in [0.2, 0.25) is 5.91 Å². The van der Waals surface area contributed by atoms with Gasteiger partial charge in [0, 0.05) is 11.3 Å². The molecule has 1 amide bonds. The zero-order valence-electron chi connectivity index (χ0n) is 19.0. The highest BCUT2D eigenvalue weighted by atomic mass is 32.2. The van der Waals surface area contributed by atoms with E-state index in [9.17, 15) is 10.1 Å². The summed E-state index contributed by atoms with van der Waals surface area (Å²) in [6.07, 6.45) is 0. The summed E-state index contributed by atoms with van der Waals surface area (Å²) in [6, 6.07) is 24.7. The van der Waals surface area contributed by atoms with E-state index in [-0.39, 0.29) is 5.91 Å². The minimum absolute atomic E-state index is 0.228. The highest BCUT2D eigenvalue weighted by Crippen LogP contribution is 2.31. The molecule has 1 N–H and O–H groups in total. The van der Waals surface area contributed by atoms with E-state index in [2.05, 4.69) is 21.6 Å². The number of anilines is 1. The molecule has 4 aromatic rings. The van der Waals surface area contributed by atoms with Crippen molar-refractivity contribution < 1.29 is 9.53 Å². The third kappa shape index (κ3) is 4.95. The second-order valence-corrected chi connectivity index (χ2v) is 8.92. The van der Waals surface area contributed by atoms with Gasteiger partial charge >= 0.3 is 0 Å². The average molecular weight is 470 g/mol. The number of thioether (sulfide) groups is 1. The van der Waals surface area contributed by atoms with E-state index in [0.717, 1.165) is 22.6 Å². The molecule has 0 radical (unpaired) electrons. The Balaban J connectivity index is 1.67. The van der Waals surface area contributed by atoms with Gasteiger partial charge in [0.05, 0.1) is 23.6 Å². The van der Waals surface area contributed by atoms with Gasteiger partial charge in [0.25, 0.3) is 0 Å². The fraction of sp³-hybridized carbons (Fsp3) is 0.154. The second kappa shape index (κ2) is 10.2. The molecule has 4 rings (SSSR count). The van der Waals surface area contributed by atoms with Crippen LogP contribution in [0.4, 0.5) is 5.69 Å². The number of nitrogens with one attached hydrogen (secondary N) is 1. The van der Waals surface area contributed by atoms with Crippen molar-refractivity contribution in [3.05, 3.63) is 83.9 Å². The average Bonchev–Trinajstić information content (AvgIpc) is 3.27. The van der Waals surface area contributed by atoms with Crippen molar-refractivity contribution in [1.82, 2.24) is 14.8 Å². The maximum atomic E-state index is 12.9. The van der Waals surface area contributed by atoms with Crippen LogP contribution < -0.4 is 10.1 Å². The molecule has 0 aliphatic rings. The van der Waals surface area contributed by atoms with Gasteiger partial charge in [-0.15, -0.1) is 10.2 Å². The van der Waals surface area contributed by atoms with Crippen molar-refractivity contribution in [2.24, 2.45) is 0 Å². The van der Waals surface area contributed by atoms with Crippen LogP contribution in [-0.2, 0) is 4.79 Å². The highest BCUT2D eigenvalue weighted by molar-refractivity contribution is 8.00. The van der Waals surface area contributed by atoms with Gasteiger partial charge < -0.3 is 10.1 Å². The Morgan fingerprint density at radius 3 is 2.56 bits per heavy atom. The highest BCUT2D eigenvalue weighted by Gasteiger charge is 2.22. The van der Waals surface area contributed by atoms with Gasteiger partial charge in [-0.2, -0.15) is 5.26 Å². The molecule has 8 heteroatoms. The molecule has 34 heavy (non-hydrogen) atoms. The molecule has 0 aliphatic heterocycles. The first-order chi connectivity index (χ1) is 16.5. The van der Waals surface area contributed by atoms with E-state index < -0.39 is 5.25 Å². The molecule has 0 spiro atoms. The molecule has 0 bridgehead atoms. The summed E-state index contributed by atoms with van der Waals surface area (Å²) in [4.78, 5) is 12.9. The number of methoxy groups -OCH3 is 1. The molecule has 0 aliphatic carbocycles. The second-order valence-electron chi connectivity index (χ2n) is 7.62. The molecule has 170 valence electrons. The Morgan fingerprint density at radius 2 is 1.85 bits per heavy atom. The summed E-state index contributed by atoms with van der Waals surface area (Å²) in [6.45, 7) is 3.83. The van der Waals surface area contributed by atoms with Crippen molar-refractivity contribution in [2.45, 2.75) is 24.3 Å². The number of aryl methyl sites for hydroxylation is 1. The number of carbonyl (C=O) groups excluding carboxylic acids is 1. The van der Waals surface area contributed by atoms with Crippen LogP contribution in [0.1, 0.15) is 18.1 Å². The molecule has 0 saturated heterocycles. The fourth-order valence-corrected chi connectivity index (χ4v) is 4.28. The summed E-state index contributed by atoms with van der Waals surface area (Å²) in [7, 11) is 1.62. The van der Waals surface area contributed by atoms with E-state index in [1.807, 2.05) is 60.0 Å². The van der Waals surface area contributed by atoms with Gasteiger partial charge in [0.1, 0.15) is 11.8 Å². The van der Waals surface area contributed by atoms with Crippen LogP contribution in [0.3, 0.4) is 0 Å². The smallest absolute Gasteiger partial charge is 0.237 e. The molecule has 0 saturated carbocycles. The molecule has 1 heterocycles. The first-order valence-corrected chi connectivity index (χ1v) is 11.5. The van der Waals surface area contributed by atoms with Gasteiger partial charge in [-0.3, -0.25) is 9.36 Å². The first-order valence-electron chi connectivity index (χ1n) is 10.6. The van der Waals surface area contributed by atoms with Crippen molar-refractivity contribution in [3.63, 3.8) is 0 Å². The number of benzene rings is 3. The maximum Gasteiger partial charge on any atom is 0.237 e. The van der Waals surface area contributed by atoms with Gasteiger partial charge in [0.15, 0.2) is 11.0 Å². The molecular formula is C26H23N5O2S. The Kier molecular flexibility index (Phi) is 6.95. The zero-order chi connectivity index (χ0) is 24.1. The van der Waals surface area contributed by atoms with E-state index in [4.69, 9.17) is 4.74 Å². The first kappa shape index (κ1) is 23.1. The van der Waals surface area contributed by atoms with Crippen molar-refractivity contribution in [2.75, 3.05) is 12.4 Å². The fourth-order valence-electron chi connectivity index (χ4n) is 3.42. The zero-order valence-corrected chi connectivity index (χ0v) is 19.8. The minimum atomic E-state index is -0.488. The molecule has 7 nitrogen and oxygen atoms in total. The minimum Gasteiger partial charge on any atom is -0.497 e. The van der Waals surface area contributed by atoms with Crippen LogP contribution in [0.2, 0.25) is 0 Å².